The van der Waals surface area contributed by atoms with Crippen molar-refractivity contribution in [3.8, 4) is 50.8 Å². The Morgan fingerprint density at radius 2 is 1.29 bits per heavy atom. The lowest BCUT2D eigenvalue weighted by Gasteiger charge is -2.07. The number of nitrogens with one attached hydrogen (secondary N) is 2. The monoisotopic (exact) mass is 448 g/mol. The number of hydrogen-bond donors (Lipinski definition) is 2. The van der Waals surface area contributed by atoms with Crippen LogP contribution in [0.5, 0.6) is 5.75 Å². The lowest BCUT2D eigenvalue weighted by atomic mass is 10.00. The number of para-hydroxylation sites is 1. The van der Waals surface area contributed by atoms with E-state index >= 15 is 0 Å². The van der Waals surface area contributed by atoms with Gasteiger partial charge < -0.3 is 4.74 Å². The normalized spacial score (nSPS) is 11.0. The first-order valence-electron chi connectivity index (χ1n) is 11.8. The first kappa shape index (κ1) is 21.7. The van der Waals surface area contributed by atoms with Gasteiger partial charge in [-0.3, -0.25) is 10.2 Å². The summed E-state index contributed by atoms with van der Waals surface area (Å²) in [6.45, 7) is 4.81. The summed E-state index contributed by atoms with van der Waals surface area (Å²) in [5, 5.41) is 15.6. The van der Waals surface area contributed by atoms with E-state index in [1.54, 1.807) is 0 Å². The summed E-state index contributed by atoms with van der Waals surface area (Å²) in [4.78, 5) is 0. The zero-order chi connectivity index (χ0) is 23.3. The molecule has 2 aromatic heterocycles. The largest absolute Gasteiger partial charge is 0.493 e. The predicted molar refractivity (Wildman–Crippen MR) is 138 cm³/mol. The molecular weight excluding hydrogens is 420 g/mol. The maximum Gasteiger partial charge on any atom is 0.128 e. The Hall–Kier alpha value is -4.12. The fraction of sp³-hybridized carbons (Fsp3) is 0.172. The van der Waals surface area contributed by atoms with Gasteiger partial charge in [-0.15, -0.1) is 0 Å². The Morgan fingerprint density at radius 1 is 0.676 bits per heavy atom. The summed E-state index contributed by atoms with van der Waals surface area (Å²) in [5.41, 5.74) is 9.40. The highest BCUT2D eigenvalue weighted by Gasteiger charge is 2.13. The van der Waals surface area contributed by atoms with Crippen LogP contribution in [0.1, 0.15) is 25.8 Å². The van der Waals surface area contributed by atoms with Crippen LogP contribution in [0, 0.1) is 0 Å². The quantitative estimate of drug-likeness (QED) is 0.265. The predicted octanol–water partition coefficient (Wildman–Crippen LogP) is 7.15. The van der Waals surface area contributed by atoms with Gasteiger partial charge in [0.25, 0.3) is 0 Å². The van der Waals surface area contributed by atoms with Crippen molar-refractivity contribution in [1.29, 1.82) is 0 Å². The third-order valence-corrected chi connectivity index (χ3v) is 5.91. The van der Waals surface area contributed by atoms with E-state index in [2.05, 4.69) is 81.9 Å². The molecule has 5 aromatic rings. The van der Waals surface area contributed by atoms with Crippen LogP contribution in [0.4, 0.5) is 0 Å². The average Bonchev–Trinajstić information content (AvgIpc) is 3.56. The third kappa shape index (κ3) is 4.37. The minimum atomic E-state index is 0.620. The molecule has 0 aliphatic rings. The number of hydrogen-bond acceptors (Lipinski definition) is 3. The lowest BCUT2D eigenvalue weighted by molar-refractivity contribution is 0.341. The molecule has 5 rings (SSSR count). The second-order valence-corrected chi connectivity index (χ2v) is 8.25. The SMILES string of the molecule is CCCc1ccccc1-c1cc(-c2cccc(-c3cc(-c4ccccc4OCC)[nH]n3)c2)n[nH]1. The second-order valence-electron chi connectivity index (χ2n) is 8.25. The van der Waals surface area contributed by atoms with E-state index in [4.69, 9.17) is 4.74 Å². The van der Waals surface area contributed by atoms with Gasteiger partial charge in [-0.05, 0) is 49.2 Å². The lowest BCUT2D eigenvalue weighted by Crippen LogP contribution is -1.93. The molecule has 0 unspecified atom stereocenters. The van der Waals surface area contributed by atoms with E-state index in [1.165, 1.54) is 11.1 Å². The van der Waals surface area contributed by atoms with Crippen molar-refractivity contribution in [2.45, 2.75) is 26.7 Å². The number of rotatable bonds is 8. The summed E-state index contributed by atoms with van der Waals surface area (Å²) < 4.78 is 5.79. The van der Waals surface area contributed by atoms with Crippen molar-refractivity contribution in [3.05, 3.63) is 90.5 Å². The molecule has 5 heteroatoms. The molecule has 0 saturated heterocycles. The molecule has 3 aromatic carbocycles. The van der Waals surface area contributed by atoms with Crippen LogP contribution in [0.25, 0.3) is 45.0 Å². The highest BCUT2D eigenvalue weighted by molar-refractivity contribution is 5.76. The van der Waals surface area contributed by atoms with Crippen LogP contribution in [-0.4, -0.2) is 27.0 Å². The van der Waals surface area contributed by atoms with Gasteiger partial charge in [-0.25, -0.2) is 0 Å². The first-order valence-corrected chi connectivity index (χ1v) is 11.8. The van der Waals surface area contributed by atoms with Gasteiger partial charge in [-0.2, -0.15) is 10.2 Å². The zero-order valence-corrected chi connectivity index (χ0v) is 19.5. The highest BCUT2D eigenvalue weighted by Crippen LogP contribution is 2.33. The Labute approximate surface area is 199 Å². The Kier molecular flexibility index (Phi) is 6.25. The Morgan fingerprint density at radius 3 is 1.97 bits per heavy atom. The summed E-state index contributed by atoms with van der Waals surface area (Å²) in [6.07, 6.45) is 2.16. The molecule has 0 fully saturated rings. The average molecular weight is 449 g/mol. The molecular formula is C29H28N4O. The third-order valence-electron chi connectivity index (χ3n) is 5.91. The second kappa shape index (κ2) is 9.79. The molecule has 0 bridgehead atoms. The Balaban J connectivity index is 1.44. The van der Waals surface area contributed by atoms with E-state index in [0.717, 1.165) is 58.1 Å². The molecule has 0 amide bonds. The number of H-pyrrole nitrogens is 2. The number of aromatic nitrogens is 4. The van der Waals surface area contributed by atoms with Gasteiger partial charge in [-0.1, -0.05) is 67.9 Å². The van der Waals surface area contributed by atoms with E-state index in [0.29, 0.717) is 6.61 Å². The number of ether oxygens (including phenoxy) is 1. The first-order chi connectivity index (χ1) is 16.8. The maximum absolute atomic E-state index is 5.79. The van der Waals surface area contributed by atoms with E-state index in [1.807, 2.05) is 37.3 Å². The fourth-order valence-corrected chi connectivity index (χ4v) is 4.29. The van der Waals surface area contributed by atoms with Crippen LogP contribution in [0.15, 0.2) is 84.9 Å². The van der Waals surface area contributed by atoms with Crippen molar-refractivity contribution < 1.29 is 4.74 Å². The zero-order valence-electron chi connectivity index (χ0n) is 19.5. The van der Waals surface area contributed by atoms with E-state index in [-0.39, 0.29) is 0 Å². The van der Waals surface area contributed by atoms with Gasteiger partial charge in [0, 0.05) is 22.3 Å². The summed E-state index contributed by atoms with van der Waals surface area (Å²) in [7, 11) is 0. The summed E-state index contributed by atoms with van der Waals surface area (Å²) in [5.74, 6) is 0.848. The molecule has 2 N–H and O–H groups in total. The molecule has 0 atom stereocenters. The molecule has 0 aliphatic carbocycles. The van der Waals surface area contributed by atoms with Gasteiger partial charge >= 0.3 is 0 Å². The Bertz CT molecular complexity index is 1300. The smallest absolute Gasteiger partial charge is 0.128 e. The fourth-order valence-electron chi connectivity index (χ4n) is 4.29. The molecule has 34 heavy (non-hydrogen) atoms. The molecule has 0 saturated carbocycles. The van der Waals surface area contributed by atoms with Crippen molar-refractivity contribution in [1.82, 2.24) is 20.4 Å². The van der Waals surface area contributed by atoms with Crippen LogP contribution >= 0.6 is 0 Å². The molecule has 170 valence electrons. The summed E-state index contributed by atoms with van der Waals surface area (Å²) >= 11 is 0. The number of aryl methyl sites for hydroxylation is 1. The van der Waals surface area contributed by atoms with Crippen LogP contribution in [-0.2, 0) is 6.42 Å². The van der Waals surface area contributed by atoms with Crippen LogP contribution in [0.3, 0.4) is 0 Å². The van der Waals surface area contributed by atoms with Gasteiger partial charge in [0.15, 0.2) is 0 Å². The standard InChI is InChI=1S/C29H28N4O/c1-3-10-20-11-5-6-14-23(20)27-18-25(30-32-27)21-12-9-13-22(17-21)26-19-28(33-31-26)24-15-7-8-16-29(24)34-4-2/h5-9,11-19H,3-4,10H2,1-2H3,(H,30,32)(H,31,33). The van der Waals surface area contributed by atoms with Crippen LogP contribution < -0.4 is 4.74 Å². The van der Waals surface area contributed by atoms with Gasteiger partial charge in [0.1, 0.15) is 5.75 Å². The van der Waals surface area contributed by atoms with Gasteiger partial charge in [0.05, 0.1) is 29.4 Å². The topological polar surface area (TPSA) is 66.6 Å². The molecule has 0 radical (unpaired) electrons. The minimum absolute atomic E-state index is 0.620. The molecule has 0 aliphatic heterocycles. The summed E-state index contributed by atoms with van der Waals surface area (Å²) in [6, 6.07) is 29.1. The minimum Gasteiger partial charge on any atom is -0.493 e. The van der Waals surface area contributed by atoms with Crippen molar-refractivity contribution in [3.63, 3.8) is 0 Å². The highest BCUT2D eigenvalue weighted by atomic mass is 16.5. The number of nitrogens with zero attached hydrogens (tertiary/aromatic N) is 2. The number of benzene rings is 3. The molecule has 5 nitrogen and oxygen atoms in total. The van der Waals surface area contributed by atoms with Crippen molar-refractivity contribution >= 4 is 0 Å². The molecule has 0 spiro atoms. The van der Waals surface area contributed by atoms with Crippen LogP contribution in [0.2, 0.25) is 0 Å². The van der Waals surface area contributed by atoms with Gasteiger partial charge in [0.2, 0.25) is 0 Å². The molecule has 2 heterocycles. The van der Waals surface area contributed by atoms with Crippen molar-refractivity contribution in [2.75, 3.05) is 6.61 Å². The van der Waals surface area contributed by atoms with E-state index in [9.17, 15) is 0 Å². The van der Waals surface area contributed by atoms with Crippen molar-refractivity contribution in [2.24, 2.45) is 0 Å². The van der Waals surface area contributed by atoms with E-state index < -0.39 is 0 Å². The maximum atomic E-state index is 5.79. The number of aromatic amines is 2.